The summed E-state index contributed by atoms with van der Waals surface area (Å²) in [7, 11) is 1.54. The molecule has 6 rings (SSSR count). The van der Waals surface area contributed by atoms with Crippen molar-refractivity contribution < 1.29 is 14.2 Å². The highest BCUT2D eigenvalue weighted by Crippen LogP contribution is 2.40. The third-order valence-electron chi connectivity index (χ3n) is 7.17. The molecule has 176 valence electrons. The number of methoxy groups -OCH3 is 1. The SMILES string of the molecule is COc1cc(-c2ccc(-c3cnc(N(C4CC4)[C@@H]4C[C@H]5CC[C@H](N5)[C@@H]4F)cn3)c(O)c2)ncn1. The van der Waals surface area contributed by atoms with Gasteiger partial charge in [0.15, 0.2) is 0 Å². The topological polar surface area (TPSA) is 96.3 Å². The second kappa shape index (κ2) is 8.47. The summed E-state index contributed by atoms with van der Waals surface area (Å²) in [6.07, 6.45) is 8.76. The summed E-state index contributed by atoms with van der Waals surface area (Å²) in [6, 6.07) is 7.51. The summed E-state index contributed by atoms with van der Waals surface area (Å²) in [6.45, 7) is 0. The summed E-state index contributed by atoms with van der Waals surface area (Å²) in [5, 5.41) is 14.1. The lowest BCUT2D eigenvalue weighted by Gasteiger charge is -2.41. The molecule has 34 heavy (non-hydrogen) atoms. The third kappa shape index (κ3) is 3.83. The summed E-state index contributed by atoms with van der Waals surface area (Å²) >= 11 is 0. The van der Waals surface area contributed by atoms with Crippen molar-refractivity contribution in [3.05, 3.63) is 43.0 Å². The number of aromatic hydroxyl groups is 1. The fourth-order valence-electron chi connectivity index (χ4n) is 5.33. The van der Waals surface area contributed by atoms with Gasteiger partial charge in [-0.25, -0.2) is 19.3 Å². The van der Waals surface area contributed by atoms with Gasteiger partial charge < -0.3 is 20.1 Å². The van der Waals surface area contributed by atoms with Gasteiger partial charge in [0.25, 0.3) is 0 Å². The smallest absolute Gasteiger partial charge is 0.216 e. The number of benzene rings is 1. The van der Waals surface area contributed by atoms with E-state index in [4.69, 9.17) is 4.74 Å². The van der Waals surface area contributed by atoms with Crippen LogP contribution >= 0.6 is 0 Å². The van der Waals surface area contributed by atoms with E-state index in [-0.39, 0.29) is 17.8 Å². The van der Waals surface area contributed by atoms with E-state index in [0.717, 1.165) is 37.7 Å². The average molecular weight is 463 g/mol. The Kier molecular flexibility index (Phi) is 5.28. The number of anilines is 1. The standard InChI is InChI=1S/C25H27FN6O2/c1-34-24-10-19(29-13-30-24)14-2-6-17(22(33)8-14)20-11-28-23(12-27-20)32(16-4-5-16)21-9-15-3-7-18(31-15)25(21)26/h2,6,8,10-13,15-16,18,21,25,31,33H,3-5,7,9H2,1H3/t15-,18+,21-,25+/m1/s1. The maximum Gasteiger partial charge on any atom is 0.216 e. The number of phenols is 1. The fourth-order valence-corrected chi connectivity index (χ4v) is 5.33. The Morgan fingerprint density at radius 1 is 1.03 bits per heavy atom. The Hall–Kier alpha value is -3.33. The van der Waals surface area contributed by atoms with Gasteiger partial charge in [0.05, 0.1) is 36.9 Å². The quantitative estimate of drug-likeness (QED) is 0.575. The Bertz CT molecular complexity index is 1190. The van der Waals surface area contributed by atoms with Crippen LogP contribution in [0.15, 0.2) is 43.0 Å². The van der Waals surface area contributed by atoms with Gasteiger partial charge in [0.2, 0.25) is 5.88 Å². The first-order valence-corrected chi connectivity index (χ1v) is 11.8. The number of piperidine rings is 1. The Morgan fingerprint density at radius 2 is 1.91 bits per heavy atom. The lowest BCUT2D eigenvalue weighted by atomic mass is 9.96. The second-order valence-electron chi connectivity index (χ2n) is 9.37. The first-order valence-electron chi connectivity index (χ1n) is 11.8. The third-order valence-corrected chi connectivity index (χ3v) is 7.17. The van der Waals surface area contributed by atoms with E-state index in [1.807, 2.05) is 6.07 Å². The molecule has 2 aromatic heterocycles. The minimum atomic E-state index is -0.905. The van der Waals surface area contributed by atoms with Gasteiger partial charge in [-0.3, -0.25) is 4.98 Å². The van der Waals surface area contributed by atoms with Crippen LogP contribution in [0, 0.1) is 0 Å². The van der Waals surface area contributed by atoms with Crippen molar-refractivity contribution in [2.45, 2.75) is 62.4 Å². The van der Waals surface area contributed by atoms with Crippen molar-refractivity contribution in [2.75, 3.05) is 12.0 Å². The number of fused-ring (bicyclic) bond motifs is 2. The van der Waals surface area contributed by atoms with Gasteiger partial charge in [-0.2, -0.15) is 0 Å². The summed E-state index contributed by atoms with van der Waals surface area (Å²) < 4.78 is 20.4. The first kappa shape index (κ1) is 21.2. The fraction of sp³-hybridized carbons (Fsp3) is 0.440. The number of aromatic nitrogens is 4. The van der Waals surface area contributed by atoms with Gasteiger partial charge in [0.1, 0.15) is 24.1 Å². The van der Waals surface area contributed by atoms with E-state index >= 15 is 4.39 Å². The minimum Gasteiger partial charge on any atom is -0.507 e. The molecule has 2 aliphatic heterocycles. The molecule has 3 aliphatic rings. The van der Waals surface area contributed by atoms with Gasteiger partial charge >= 0.3 is 0 Å². The maximum absolute atomic E-state index is 15.3. The number of ether oxygens (including phenoxy) is 1. The number of phenolic OH excluding ortho intramolecular Hbond substituents is 1. The van der Waals surface area contributed by atoms with Crippen LogP contribution in [-0.2, 0) is 0 Å². The molecule has 4 heterocycles. The van der Waals surface area contributed by atoms with E-state index in [9.17, 15) is 5.11 Å². The molecular weight excluding hydrogens is 435 g/mol. The number of nitrogens with one attached hydrogen (secondary N) is 1. The van der Waals surface area contributed by atoms with E-state index < -0.39 is 6.17 Å². The Morgan fingerprint density at radius 3 is 2.65 bits per heavy atom. The highest BCUT2D eigenvalue weighted by molar-refractivity contribution is 5.73. The van der Waals surface area contributed by atoms with Crippen LogP contribution in [0.5, 0.6) is 11.6 Å². The maximum atomic E-state index is 15.3. The molecule has 3 aromatic rings. The molecule has 0 spiro atoms. The molecule has 2 bridgehead atoms. The lowest BCUT2D eigenvalue weighted by molar-refractivity contribution is 0.171. The predicted octanol–water partition coefficient (Wildman–Crippen LogP) is 3.51. The Labute approximate surface area is 197 Å². The van der Waals surface area contributed by atoms with Crippen LogP contribution in [-0.4, -0.2) is 62.5 Å². The normalized spacial score (nSPS) is 25.8. The number of nitrogens with zero attached hydrogens (tertiary/aromatic N) is 5. The molecule has 3 fully saturated rings. The number of hydrogen-bond acceptors (Lipinski definition) is 8. The second-order valence-corrected chi connectivity index (χ2v) is 9.37. The van der Waals surface area contributed by atoms with Crippen LogP contribution in [0.25, 0.3) is 22.5 Å². The minimum absolute atomic E-state index is 0.0532. The largest absolute Gasteiger partial charge is 0.507 e. The van der Waals surface area contributed by atoms with Crippen molar-refractivity contribution >= 4 is 5.82 Å². The molecule has 1 saturated carbocycles. The number of halogens is 1. The zero-order chi connectivity index (χ0) is 23.2. The highest BCUT2D eigenvalue weighted by Gasteiger charge is 2.48. The molecule has 9 heteroatoms. The van der Waals surface area contributed by atoms with Gasteiger partial charge in [0, 0.05) is 35.3 Å². The van der Waals surface area contributed by atoms with E-state index in [1.54, 1.807) is 37.7 Å². The number of hydrogen-bond donors (Lipinski definition) is 2. The number of alkyl halides is 1. The van der Waals surface area contributed by atoms with Crippen LogP contribution in [0.4, 0.5) is 10.2 Å². The molecular formula is C25H27FN6O2. The molecule has 1 aromatic carbocycles. The van der Waals surface area contributed by atoms with Gasteiger partial charge in [-0.15, -0.1) is 0 Å². The highest BCUT2D eigenvalue weighted by atomic mass is 19.1. The van der Waals surface area contributed by atoms with Crippen molar-refractivity contribution in [3.63, 3.8) is 0 Å². The Balaban J connectivity index is 1.26. The summed E-state index contributed by atoms with van der Waals surface area (Å²) in [4.78, 5) is 19.7. The monoisotopic (exact) mass is 462 g/mol. The molecule has 0 unspecified atom stereocenters. The van der Waals surface area contributed by atoms with E-state index in [1.165, 1.54) is 6.33 Å². The molecule has 2 saturated heterocycles. The first-order chi connectivity index (χ1) is 16.6. The van der Waals surface area contributed by atoms with Crippen molar-refractivity contribution in [1.29, 1.82) is 0 Å². The predicted molar refractivity (Wildman–Crippen MR) is 125 cm³/mol. The summed E-state index contributed by atoms with van der Waals surface area (Å²) in [5.74, 6) is 1.24. The van der Waals surface area contributed by atoms with E-state index in [2.05, 4.69) is 30.2 Å². The van der Waals surface area contributed by atoms with Crippen molar-refractivity contribution in [3.8, 4) is 34.1 Å². The lowest BCUT2D eigenvalue weighted by Crippen LogP contribution is -2.57. The zero-order valence-electron chi connectivity index (χ0n) is 18.9. The molecule has 0 amide bonds. The molecule has 4 atom stereocenters. The average Bonchev–Trinajstić information content (AvgIpc) is 3.62. The van der Waals surface area contributed by atoms with Crippen LogP contribution in [0.1, 0.15) is 32.1 Å². The molecule has 8 nitrogen and oxygen atoms in total. The molecule has 0 radical (unpaired) electrons. The van der Waals surface area contributed by atoms with Crippen LogP contribution in [0.3, 0.4) is 0 Å². The molecule has 2 N–H and O–H groups in total. The zero-order valence-corrected chi connectivity index (χ0v) is 18.9. The molecule has 1 aliphatic carbocycles. The van der Waals surface area contributed by atoms with Gasteiger partial charge in [-0.05, 0) is 44.2 Å². The van der Waals surface area contributed by atoms with E-state index in [0.29, 0.717) is 40.7 Å². The van der Waals surface area contributed by atoms with Crippen LogP contribution in [0.2, 0.25) is 0 Å². The van der Waals surface area contributed by atoms with Gasteiger partial charge in [-0.1, -0.05) is 6.07 Å². The van der Waals surface area contributed by atoms with Crippen molar-refractivity contribution in [1.82, 2.24) is 25.3 Å². The summed E-state index contributed by atoms with van der Waals surface area (Å²) in [5.41, 5.74) is 2.52. The van der Waals surface area contributed by atoms with Crippen LogP contribution < -0.4 is 15.0 Å². The number of rotatable bonds is 6. The van der Waals surface area contributed by atoms with Crippen molar-refractivity contribution in [2.24, 2.45) is 0 Å².